The number of nitrogens with one attached hydrogen (secondary N) is 3. The summed E-state index contributed by atoms with van der Waals surface area (Å²) in [7, 11) is 1.72. The first-order valence-electron chi connectivity index (χ1n) is 10.9. The number of pyridine rings is 1. The van der Waals surface area contributed by atoms with Crippen molar-refractivity contribution in [2.45, 2.75) is 50.6 Å². The van der Waals surface area contributed by atoms with Crippen LogP contribution >= 0.6 is 0 Å². The highest BCUT2D eigenvalue weighted by atomic mass is 19.1. The van der Waals surface area contributed by atoms with Crippen molar-refractivity contribution in [1.29, 1.82) is 0 Å². The van der Waals surface area contributed by atoms with Crippen LogP contribution in [0.3, 0.4) is 0 Å². The van der Waals surface area contributed by atoms with E-state index in [4.69, 9.17) is 4.74 Å². The minimum Gasteiger partial charge on any atom is -0.383 e. The molecule has 0 amide bonds. The lowest BCUT2D eigenvalue weighted by Gasteiger charge is -2.30. The quantitative estimate of drug-likeness (QED) is 0.514. The summed E-state index contributed by atoms with van der Waals surface area (Å²) in [5.41, 5.74) is 0.373. The Morgan fingerprint density at radius 2 is 1.87 bits per heavy atom. The average Bonchev–Trinajstić information content (AvgIpc) is 3.60. The summed E-state index contributed by atoms with van der Waals surface area (Å²) in [6, 6.07) is 4.42. The second kappa shape index (κ2) is 10.1. The van der Waals surface area contributed by atoms with E-state index in [9.17, 15) is 4.39 Å². The number of anilines is 2. The first kappa shape index (κ1) is 20.9. The Hall–Kier alpha value is -2.32. The van der Waals surface area contributed by atoms with Gasteiger partial charge in [0.2, 0.25) is 0 Å². The highest BCUT2D eigenvalue weighted by Crippen LogP contribution is 2.29. The molecule has 0 aliphatic heterocycles. The normalized spacial score (nSPS) is 21.4. The SMILES string of the molecule is COCCNC1CCC(Nc2cc(-c3nccc(NCC4CC4)n3)c(F)cn2)CC1. The zero-order chi connectivity index (χ0) is 20.8. The molecule has 0 spiro atoms. The molecule has 0 atom stereocenters. The zero-order valence-corrected chi connectivity index (χ0v) is 17.5. The molecule has 2 fully saturated rings. The van der Waals surface area contributed by atoms with Crippen molar-refractivity contribution in [1.82, 2.24) is 20.3 Å². The second-order valence-corrected chi connectivity index (χ2v) is 8.28. The molecule has 8 heteroatoms. The van der Waals surface area contributed by atoms with Gasteiger partial charge in [-0.15, -0.1) is 0 Å². The smallest absolute Gasteiger partial charge is 0.164 e. The first-order valence-corrected chi connectivity index (χ1v) is 10.9. The Balaban J connectivity index is 1.36. The molecule has 2 saturated carbocycles. The van der Waals surface area contributed by atoms with E-state index in [2.05, 4.69) is 30.9 Å². The van der Waals surface area contributed by atoms with Gasteiger partial charge in [-0.2, -0.15) is 0 Å². The van der Waals surface area contributed by atoms with Crippen LogP contribution in [0, 0.1) is 11.7 Å². The fraction of sp³-hybridized carbons (Fsp3) is 0.591. The molecular weight excluding hydrogens is 383 g/mol. The van der Waals surface area contributed by atoms with E-state index in [1.807, 2.05) is 6.07 Å². The van der Waals surface area contributed by atoms with Crippen LogP contribution in [0.15, 0.2) is 24.5 Å². The highest BCUT2D eigenvalue weighted by Gasteiger charge is 2.22. The molecule has 2 aliphatic rings. The summed E-state index contributed by atoms with van der Waals surface area (Å²) < 4.78 is 19.6. The van der Waals surface area contributed by atoms with Gasteiger partial charge in [0.15, 0.2) is 11.6 Å². The molecule has 2 aliphatic carbocycles. The minimum absolute atomic E-state index is 0.337. The Morgan fingerprint density at radius 3 is 2.63 bits per heavy atom. The van der Waals surface area contributed by atoms with Crippen LogP contribution in [0.4, 0.5) is 16.0 Å². The molecule has 0 aromatic carbocycles. The maximum Gasteiger partial charge on any atom is 0.164 e. The van der Waals surface area contributed by atoms with Crippen LogP contribution in [-0.4, -0.2) is 53.8 Å². The van der Waals surface area contributed by atoms with Gasteiger partial charge in [0, 0.05) is 38.5 Å². The fourth-order valence-corrected chi connectivity index (χ4v) is 3.86. The lowest BCUT2D eigenvalue weighted by molar-refractivity contribution is 0.191. The minimum atomic E-state index is -0.411. The molecule has 0 bridgehead atoms. The van der Waals surface area contributed by atoms with Gasteiger partial charge < -0.3 is 20.7 Å². The topological polar surface area (TPSA) is 84.0 Å². The Labute approximate surface area is 177 Å². The summed E-state index contributed by atoms with van der Waals surface area (Å²) in [6.45, 7) is 2.53. The molecule has 2 aromatic rings. The molecule has 2 heterocycles. The molecular formula is C22H31FN6O. The van der Waals surface area contributed by atoms with Crippen LogP contribution in [0.1, 0.15) is 38.5 Å². The summed E-state index contributed by atoms with van der Waals surface area (Å²) in [5.74, 6) is 2.11. The Bertz CT molecular complexity index is 823. The third kappa shape index (κ3) is 5.86. The number of aromatic nitrogens is 3. The van der Waals surface area contributed by atoms with Gasteiger partial charge in [-0.1, -0.05) is 0 Å². The van der Waals surface area contributed by atoms with Gasteiger partial charge in [0.1, 0.15) is 11.6 Å². The summed E-state index contributed by atoms with van der Waals surface area (Å²) in [6.07, 6.45) is 9.77. The van der Waals surface area contributed by atoms with Gasteiger partial charge in [-0.05, 0) is 56.6 Å². The lowest BCUT2D eigenvalue weighted by Crippen LogP contribution is -2.38. The molecule has 0 radical (unpaired) electrons. The van der Waals surface area contributed by atoms with Crippen molar-refractivity contribution in [3.05, 3.63) is 30.3 Å². The van der Waals surface area contributed by atoms with E-state index in [0.29, 0.717) is 29.3 Å². The maximum atomic E-state index is 14.5. The van der Waals surface area contributed by atoms with Gasteiger partial charge in [-0.3, -0.25) is 0 Å². The molecule has 162 valence electrons. The number of methoxy groups -OCH3 is 1. The molecule has 30 heavy (non-hydrogen) atoms. The maximum absolute atomic E-state index is 14.5. The number of hydrogen-bond donors (Lipinski definition) is 3. The van der Waals surface area contributed by atoms with Crippen molar-refractivity contribution < 1.29 is 9.13 Å². The van der Waals surface area contributed by atoms with Crippen LogP contribution in [-0.2, 0) is 4.74 Å². The lowest BCUT2D eigenvalue weighted by atomic mass is 9.91. The molecule has 0 unspecified atom stereocenters. The number of nitrogens with zero attached hydrogens (tertiary/aromatic N) is 3. The first-order chi connectivity index (χ1) is 14.7. The summed E-state index contributed by atoms with van der Waals surface area (Å²) >= 11 is 0. The third-order valence-corrected chi connectivity index (χ3v) is 5.84. The van der Waals surface area contributed by atoms with E-state index < -0.39 is 5.82 Å². The van der Waals surface area contributed by atoms with Gasteiger partial charge in [0.05, 0.1) is 18.4 Å². The Morgan fingerprint density at radius 1 is 1.07 bits per heavy atom. The number of halogens is 1. The van der Waals surface area contributed by atoms with Gasteiger partial charge in [-0.25, -0.2) is 19.3 Å². The van der Waals surface area contributed by atoms with Crippen molar-refractivity contribution in [2.75, 3.05) is 37.4 Å². The number of hydrogen-bond acceptors (Lipinski definition) is 7. The number of ether oxygens (including phenoxy) is 1. The van der Waals surface area contributed by atoms with Crippen molar-refractivity contribution >= 4 is 11.6 Å². The standard InChI is InChI=1S/C22H31FN6O/c1-30-11-10-24-16-4-6-17(7-5-16)28-21-12-18(19(23)14-27-21)22-25-9-8-20(29-22)26-13-15-2-3-15/h8-9,12,14-17,24H,2-7,10-11,13H2,1H3,(H,27,28)(H,25,26,29). The molecule has 7 nitrogen and oxygen atoms in total. The second-order valence-electron chi connectivity index (χ2n) is 8.28. The highest BCUT2D eigenvalue weighted by molar-refractivity contribution is 5.61. The van der Waals surface area contributed by atoms with Crippen LogP contribution < -0.4 is 16.0 Å². The average molecular weight is 415 g/mol. The summed E-state index contributed by atoms with van der Waals surface area (Å²) in [5, 5.41) is 10.3. The van der Waals surface area contributed by atoms with E-state index in [-0.39, 0.29) is 0 Å². The van der Waals surface area contributed by atoms with Crippen LogP contribution in [0.5, 0.6) is 0 Å². The predicted molar refractivity (Wildman–Crippen MR) is 116 cm³/mol. The van der Waals surface area contributed by atoms with Gasteiger partial charge in [0.25, 0.3) is 0 Å². The van der Waals surface area contributed by atoms with Crippen molar-refractivity contribution in [3.8, 4) is 11.4 Å². The van der Waals surface area contributed by atoms with Crippen LogP contribution in [0.25, 0.3) is 11.4 Å². The fourth-order valence-electron chi connectivity index (χ4n) is 3.86. The van der Waals surface area contributed by atoms with Crippen LogP contribution in [0.2, 0.25) is 0 Å². The molecule has 4 rings (SSSR count). The zero-order valence-electron chi connectivity index (χ0n) is 17.5. The predicted octanol–water partition coefficient (Wildman–Crippen LogP) is 3.46. The number of rotatable bonds is 10. The van der Waals surface area contributed by atoms with E-state index in [1.54, 1.807) is 19.4 Å². The molecule has 2 aromatic heterocycles. The molecule has 3 N–H and O–H groups in total. The monoisotopic (exact) mass is 414 g/mol. The summed E-state index contributed by atoms with van der Waals surface area (Å²) in [4.78, 5) is 13.0. The van der Waals surface area contributed by atoms with E-state index in [0.717, 1.165) is 57.1 Å². The largest absolute Gasteiger partial charge is 0.383 e. The van der Waals surface area contributed by atoms with Gasteiger partial charge >= 0.3 is 0 Å². The van der Waals surface area contributed by atoms with Crippen molar-refractivity contribution in [2.24, 2.45) is 5.92 Å². The third-order valence-electron chi connectivity index (χ3n) is 5.84. The van der Waals surface area contributed by atoms with Crippen molar-refractivity contribution in [3.63, 3.8) is 0 Å². The van der Waals surface area contributed by atoms with E-state index in [1.165, 1.54) is 19.0 Å². The Kier molecular flexibility index (Phi) is 7.07. The molecule has 0 saturated heterocycles. The van der Waals surface area contributed by atoms with E-state index >= 15 is 0 Å².